The molecule has 1 N–H and O–H groups in total. The summed E-state index contributed by atoms with van der Waals surface area (Å²) in [6.07, 6.45) is 2.83. The van der Waals surface area contributed by atoms with Crippen molar-refractivity contribution in [3.63, 3.8) is 0 Å². The zero-order chi connectivity index (χ0) is 13.2. The SMILES string of the molecule is CN(Cc1ccccc1)C1CC(O)CCC1(C)C. The molecular weight excluding hydrogens is 222 g/mol. The molecule has 0 amide bonds. The first kappa shape index (κ1) is 13.6. The lowest BCUT2D eigenvalue weighted by atomic mass is 9.71. The summed E-state index contributed by atoms with van der Waals surface area (Å²) in [5.74, 6) is 0. The highest BCUT2D eigenvalue weighted by molar-refractivity contribution is 5.14. The Morgan fingerprint density at radius 1 is 1.28 bits per heavy atom. The molecule has 2 atom stereocenters. The zero-order valence-electron chi connectivity index (χ0n) is 11.8. The number of aliphatic hydroxyl groups excluding tert-OH is 1. The van der Waals surface area contributed by atoms with E-state index in [1.165, 1.54) is 5.56 Å². The van der Waals surface area contributed by atoms with Gasteiger partial charge >= 0.3 is 0 Å². The summed E-state index contributed by atoms with van der Waals surface area (Å²) in [5, 5.41) is 9.90. The van der Waals surface area contributed by atoms with Crippen LogP contribution in [0.15, 0.2) is 30.3 Å². The van der Waals surface area contributed by atoms with Crippen LogP contribution >= 0.6 is 0 Å². The minimum Gasteiger partial charge on any atom is -0.393 e. The molecular formula is C16H25NO. The van der Waals surface area contributed by atoms with Gasteiger partial charge in [-0.3, -0.25) is 4.90 Å². The smallest absolute Gasteiger partial charge is 0.0555 e. The molecule has 1 fully saturated rings. The Balaban J connectivity index is 2.05. The third kappa shape index (κ3) is 3.12. The second-order valence-electron chi connectivity index (χ2n) is 6.33. The molecule has 1 aromatic carbocycles. The first-order chi connectivity index (χ1) is 8.49. The van der Waals surface area contributed by atoms with Gasteiger partial charge in [0.25, 0.3) is 0 Å². The molecule has 2 heteroatoms. The average Bonchev–Trinajstić information content (AvgIpc) is 2.33. The monoisotopic (exact) mass is 247 g/mol. The van der Waals surface area contributed by atoms with Crippen LogP contribution in [0, 0.1) is 5.41 Å². The molecule has 1 aliphatic carbocycles. The molecule has 100 valence electrons. The first-order valence-electron chi connectivity index (χ1n) is 6.91. The van der Waals surface area contributed by atoms with Gasteiger partial charge < -0.3 is 5.11 Å². The van der Waals surface area contributed by atoms with Gasteiger partial charge in [-0.25, -0.2) is 0 Å². The fraction of sp³-hybridized carbons (Fsp3) is 0.625. The average molecular weight is 247 g/mol. The minimum absolute atomic E-state index is 0.124. The highest BCUT2D eigenvalue weighted by Crippen LogP contribution is 2.38. The van der Waals surface area contributed by atoms with Crippen LogP contribution in [-0.2, 0) is 6.54 Å². The molecule has 1 aromatic rings. The fourth-order valence-corrected chi connectivity index (χ4v) is 3.16. The molecule has 2 nitrogen and oxygen atoms in total. The van der Waals surface area contributed by atoms with Crippen LogP contribution in [0.5, 0.6) is 0 Å². The number of benzene rings is 1. The van der Waals surface area contributed by atoms with Crippen molar-refractivity contribution in [2.24, 2.45) is 5.41 Å². The lowest BCUT2D eigenvalue weighted by Gasteiger charge is -2.45. The molecule has 0 aliphatic heterocycles. The fourth-order valence-electron chi connectivity index (χ4n) is 3.16. The lowest BCUT2D eigenvalue weighted by Crippen LogP contribution is -2.48. The van der Waals surface area contributed by atoms with Gasteiger partial charge in [0.15, 0.2) is 0 Å². The molecule has 0 bridgehead atoms. The van der Waals surface area contributed by atoms with Crippen molar-refractivity contribution in [1.29, 1.82) is 0 Å². The van der Waals surface area contributed by atoms with Crippen LogP contribution < -0.4 is 0 Å². The second-order valence-corrected chi connectivity index (χ2v) is 6.33. The van der Waals surface area contributed by atoms with E-state index < -0.39 is 0 Å². The van der Waals surface area contributed by atoms with Gasteiger partial charge in [0.2, 0.25) is 0 Å². The first-order valence-corrected chi connectivity index (χ1v) is 6.91. The summed E-state index contributed by atoms with van der Waals surface area (Å²) in [6.45, 7) is 5.61. The van der Waals surface area contributed by atoms with Crippen molar-refractivity contribution < 1.29 is 5.11 Å². The standard InChI is InChI=1S/C16H25NO/c1-16(2)10-9-14(18)11-15(16)17(3)12-13-7-5-4-6-8-13/h4-8,14-15,18H,9-12H2,1-3H3. The number of nitrogens with zero attached hydrogens (tertiary/aromatic N) is 1. The van der Waals surface area contributed by atoms with Crippen molar-refractivity contribution in [3.8, 4) is 0 Å². The van der Waals surface area contributed by atoms with Gasteiger partial charge in [0.05, 0.1) is 6.10 Å². The molecule has 1 saturated carbocycles. The molecule has 1 aliphatic rings. The summed E-state index contributed by atoms with van der Waals surface area (Å²) in [5.41, 5.74) is 1.64. The van der Waals surface area contributed by atoms with Gasteiger partial charge in [-0.1, -0.05) is 44.2 Å². The summed E-state index contributed by atoms with van der Waals surface area (Å²) in [6, 6.07) is 11.0. The van der Waals surface area contributed by atoms with Crippen molar-refractivity contribution in [1.82, 2.24) is 4.90 Å². The van der Waals surface area contributed by atoms with Crippen LogP contribution in [0.2, 0.25) is 0 Å². The summed E-state index contributed by atoms with van der Waals surface area (Å²) < 4.78 is 0. The molecule has 2 rings (SSSR count). The number of aliphatic hydroxyl groups is 1. The van der Waals surface area contributed by atoms with E-state index in [2.05, 4.69) is 56.1 Å². The van der Waals surface area contributed by atoms with E-state index in [9.17, 15) is 5.11 Å². The van der Waals surface area contributed by atoms with Gasteiger partial charge in [0.1, 0.15) is 0 Å². The molecule has 0 radical (unpaired) electrons. The molecule has 0 heterocycles. The molecule has 0 aromatic heterocycles. The Morgan fingerprint density at radius 2 is 1.94 bits per heavy atom. The summed E-state index contributed by atoms with van der Waals surface area (Å²) >= 11 is 0. The van der Waals surface area contributed by atoms with Crippen molar-refractivity contribution in [2.75, 3.05) is 7.05 Å². The second kappa shape index (κ2) is 5.41. The highest BCUT2D eigenvalue weighted by atomic mass is 16.3. The Labute approximate surface area is 111 Å². The van der Waals surface area contributed by atoms with E-state index >= 15 is 0 Å². The van der Waals surface area contributed by atoms with Gasteiger partial charge in [0, 0.05) is 12.6 Å². The minimum atomic E-state index is -0.124. The topological polar surface area (TPSA) is 23.5 Å². The van der Waals surface area contributed by atoms with E-state index in [-0.39, 0.29) is 6.10 Å². The quantitative estimate of drug-likeness (QED) is 0.887. The lowest BCUT2D eigenvalue weighted by molar-refractivity contribution is -0.00413. The number of rotatable bonds is 3. The predicted octanol–water partition coefficient (Wildman–Crippen LogP) is 3.06. The molecule has 0 spiro atoms. The third-order valence-electron chi connectivity index (χ3n) is 4.33. The Kier molecular flexibility index (Phi) is 4.08. The molecule has 18 heavy (non-hydrogen) atoms. The maximum absolute atomic E-state index is 9.90. The Morgan fingerprint density at radius 3 is 2.61 bits per heavy atom. The normalized spacial score (nSPS) is 27.4. The van der Waals surface area contributed by atoms with E-state index in [1.807, 2.05) is 0 Å². The van der Waals surface area contributed by atoms with Crippen LogP contribution in [0.25, 0.3) is 0 Å². The Hall–Kier alpha value is -0.860. The summed E-state index contributed by atoms with van der Waals surface area (Å²) in [4.78, 5) is 2.40. The van der Waals surface area contributed by atoms with Gasteiger partial charge in [-0.2, -0.15) is 0 Å². The molecule has 2 unspecified atom stereocenters. The van der Waals surface area contributed by atoms with Crippen molar-refractivity contribution >= 4 is 0 Å². The van der Waals surface area contributed by atoms with E-state index in [0.717, 1.165) is 25.8 Å². The van der Waals surface area contributed by atoms with Crippen molar-refractivity contribution in [2.45, 2.75) is 51.8 Å². The maximum Gasteiger partial charge on any atom is 0.0555 e. The van der Waals surface area contributed by atoms with Crippen LogP contribution in [-0.4, -0.2) is 29.2 Å². The van der Waals surface area contributed by atoms with Gasteiger partial charge in [-0.05, 0) is 37.3 Å². The Bertz CT molecular complexity index is 374. The van der Waals surface area contributed by atoms with E-state index in [4.69, 9.17) is 0 Å². The largest absolute Gasteiger partial charge is 0.393 e. The molecule has 0 saturated heterocycles. The number of hydrogen-bond acceptors (Lipinski definition) is 2. The maximum atomic E-state index is 9.90. The highest BCUT2D eigenvalue weighted by Gasteiger charge is 2.37. The van der Waals surface area contributed by atoms with E-state index in [1.54, 1.807) is 0 Å². The van der Waals surface area contributed by atoms with Crippen LogP contribution in [0.4, 0.5) is 0 Å². The predicted molar refractivity (Wildman–Crippen MR) is 75.3 cm³/mol. The van der Waals surface area contributed by atoms with Crippen LogP contribution in [0.3, 0.4) is 0 Å². The van der Waals surface area contributed by atoms with Gasteiger partial charge in [-0.15, -0.1) is 0 Å². The summed E-state index contributed by atoms with van der Waals surface area (Å²) in [7, 11) is 2.18. The van der Waals surface area contributed by atoms with Crippen molar-refractivity contribution in [3.05, 3.63) is 35.9 Å². The zero-order valence-corrected chi connectivity index (χ0v) is 11.8. The van der Waals surface area contributed by atoms with E-state index in [0.29, 0.717) is 11.5 Å². The number of hydrogen-bond donors (Lipinski definition) is 1. The third-order valence-corrected chi connectivity index (χ3v) is 4.33. The van der Waals surface area contributed by atoms with Crippen LogP contribution in [0.1, 0.15) is 38.7 Å².